The number of hydrogen-bond acceptors (Lipinski definition) is 2. The molecule has 11 aromatic rings. The van der Waals surface area contributed by atoms with Crippen molar-refractivity contribution in [3.05, 3.63) is 300 Å². The van der Waals surface area contributed by atoms with Gasteiger partial charge >= 0.3 is 0 Å². The molecule has 1 aliphatic heterocycles. The number of anilines is 6. The Morgan fingerprint density at radius 1 is 0.319 bits per heavy atom. The Balaban J connectivity index is 0.952. The normalized spacial score (nSPS) is 15.2. The number of fused-ring (bicyclic) bond motifs is 8. The van der Waals surface area contributed by atoms with E-state index in [9.17, 15) is 0 Å². The summed E-state index contributed by atoms with van der Waals surface area (Å²) in [6.45, 7) is 4.73. The SMILES string of the molecule is CC1(C)c2ccccc2-c2ccc(N(c3ccc(-c4ccc5c(c4)C4(c6ccccc6)c6ccccc6N(c6ccccc6)c6ccc(-c7ccccc7)c-5c64)cc3)c3cccc(-c4ccccc4)c3)cc21. The highest BCUT2D eigenvalue weighted by atomic mass is 15.2. The highest BCUT2D eigenvalue weighted by Gasteiger charge is 2.53. The fourth-order valence-corrected chi connectivity index (χ4v) is 12.6. The van der Waals surface area contributed by atoms with Gasteiger partial charge in [-0.3, -0.25) is 0 Å². The number of nitrogens with zero attached hydrogens (tertiary/aromatic N) is 2. The van der Waals surface area contributed by atoms with Gasteiger partial charge in [-0.1, -0.05) is 214 Å². The van der Waals surface area contributed by atoms with Crippen molar-refractivity contribution in [1.82, 2.24) is 0 Å². The average Bonchev–Trinajstić information content (AvgIpc) is 3.88. The second-order valence-corrected chi connectivity index (χ2v) is 20.0. The molecule has 14 rings (SSSR count). The Kier molecular flexibility index (Phi) is 9.50. The summed E-state index contributed by atoms with van der Waals surface area (Å²) in [5, 5.41) is 0. The quantitative estimate of drug-likeness (QED) is 0.150. The smallest absolute Gasteiger partial charge is 0.0754 e. The van der Waals surface area contributed by atoms with Crippen LogP contribution in [0, 0.1) is 0 Å². The molecule has 0 bridgehead atoms. The van der Waals surface area contributed by atoms with Crippen LogP contribution >= 0.6 is 0 Å². The number of benzene rings is 11. The molecule has 340 valence electrons. The first-order valence-corrected chi connectivity index (χ1v) is 25.2. The summed E-state index contributed by atoms with van der Waals surface area (Å²) in [4.78, 5) is 4.92. The third kappa shape index (κ3) is 6.22. The third-order valence-electron chi connectivity index (χ3n) is 15.8. The zero-order chi connectivity index (χ0) is 48.0. The second kappa shape index (κ2) is 16.3. The van der Waals surface area contributed by atoms with Gasteiger partial charge in [-0.2, -0.15) is 0 Å². The van der Waals surface area contributed by atoms with Gasteiger partial charge in [-0.05, 0) is 150 Å². The molecule has 2 aliphatic carbocycles. The predicted molar refractivity (Wildman–Crippen MR) is 301 cm³/mol. The van der Waals surface area contributed by atoms with Gasteiger partial charge in [0.1, 0.15) is 0 Å². The van der Waals surface area contributed by atoms with Crippen LogP contribution in [0.5, 0.6) is 0 Å². The Morgan fingerprint density at radius 3 is 1.62 bits per heavy atom. The van der Waals surface area contributed by atoms with Crippen molar-refractivity contribution in [3.8, 4) is 55.6 Å². The summed E-state index contributed by atoms with van der Waals surface area (Å²) >= 11 is 0. The van der Waals surface area contributed by atoms with Crippen LogP contribution in [0.15, 0.2) is 267 Å². The third-order valence-corrected chi connectivity index (χ3v) is 15.8. The van der Waals surface area contributed by atoms with Gasteiger partial charge in [-0.15, -0.1) is 0 Å². The van der Waals surface area contributed by atoms with Crippen LogP contribution in [0.1, 0.15) is 47.2 Å². The minimum absolute atomic E-state index is 0.130. The molecule has 0 N–H and O–H groups in total. The molecule has 1 heterocycles. The van der Waals surface area contributed by atoms with Crippen molar-refractivity contribution in [1.29, 1.82) is 0 Å². The van der Waals surface area contributed by atoms with Gasteiger partial charge in [0, 0.05) is 33.7 Å². The van der Waals surface area contributed by atoms with Gasteiger partial charge in [0.15, 0.2) is 0 Å². The molecule has 3 aliphatic rings. The molecule has 0 saturated heterocycles. The van der Waals surface area contributed by atoms with Gasteiger partial charge in [-0.25, -0.2) is 0 Å². The minimum Gasteiger partial charge on any atom is -0.310 e. The van der Waals surface area contributed by atoms with E-state index in [4.69, 9.17) is 0 Å². The average molecular weight is 919 g/mol. The zero-order valence-corrected chi connectivity index (χ0v) is 40.3. The summed E-state index contributed by atoms with van der Waals surface area (Å²) in [6.07, 6.45) is 0. The van der Waals surface area contributed by atoms with E-state index in [0.717, 1.165) is 22.7 Å². The van der Waals surface area contributed by atoms with E-state index in [1.165, 1.54) is 100 Å². The van der Waals surface area contributed by atoms with E-state index in [0.29, 0.717) is 0 Å². The zero-order valence-electron chi connectivity index (χ0n) is 40.3. The molecule has 1 atom stereocenters. The van der Waals surface area contributed by atoms with Gasteiger partial charge in [0.25, 0.3) is 0 Å². The lowest BCUT2D eigenvalue weighted by molar-refractivity contribution is 0.660. The van der Waals surface area contributed by atoms with E-state index in [1.807, 2.05) is 0 Å². The Hall–Kier alpha value is -8.98. The summed E-state index contributed by atoms with van der Waals surface area (Å²) in [5.41, 5.74) is 26.5. The first kappa shape index (κ1) is 41.9. The lowest BCUT2D eigenvalue weighted by Gasteiger charge is -2.45. The number of hydrogen-bond donors (Lipinski definition) is 0. The van der Waals surface area contributed by atoms with Gasteiger partial charge in [0.05, 0.1) is 16.8 Å². The second-order valence-electron chi connectivity index (χ2n) is 20.0. The van der Waals surface area contributed by atoms with E-state index in [-0.39, 0.29) is 5.41 Å². The van der Waals surface area contributed by atoms with Crippen LogP contribution in [0.3, 0.4) is 0 Å². The summed E-state index contributed by atoms with van der Waals surface area (Å²) in [5.74, 6) is 0. The molecule has 0 saturated carbocycles. The predicted octanol–water partition coefficient (Wildman–Crippen LogP) is 18.6. The largest absolute Gasteiger partial charge is 0.310 e. The topological polar surface area (TPSA) is 6.48 Å². The van der Waals surface area contributed by atoms with Crippen LogP contribution in [-0.2, 0) is 10.8 Å². The molecule has 0 amide bonds. The number of rotatable bonds is 8. The Bertz CT molecular complexity index is 3880. The monoisotopic (exact) mass is 918 g/mol. The Morgan fingerprint density at radius 2 is 0.861 bits per heavy atom. The van der Waals surface area contributed by atoms with Crippen molar-refractivity contribution in [2.45, 2.75) is 24.7 Å². The van der Waals surface area contributed by atoms with E-state index >= 15 is 0 Å². The number of para-hydroxylation sites is 2. The molecule has 1 unspecified atom stereocenters. The van der Waals surface area contributed by atoms with Gasteiger partial charge in [0.2, 0.25) is 0 Å². The summed E-state index contributed by atoms with van der Waals surface area (Å²) in [7, 11) is 0. The van der Waals surface area contributed by atoms with Crippen molar-refractivity contribution in [2.75, 3.05) is 9.80 Å². The van der Waals surface area contributed by atoms with E-state index < -0.39 is 5.41 Å². The molecule has 2 heteroatoms. The minimum atomic E-state index is -0.592. The molecule has 72 heavy (non-hydrogen) atoms. The summed E-state index contributed by atoms with van der Waals surface area (Å²) in [6, 6.07) is 99.0. The Labute approximate surface area is 422 Å². The van der Waals surface area contributed by atoms with Crippen molar-refractivity contribution in [3.63, 3.8) is 0 Å². The van der Waals surface area contributed by atoms with E-state index in [2.05, 4.69) is 291 Å². The highest BCUT2D eigenvalue weighted by molar-refractivity contribution is 6.05. The molecule has 0 spiro atoms. The first-order chi connectivity index (χ1) is 35.5. The first-order valence-electron chi connectivity index (χ1n) is 25.2. The van der Waals surface area contributed by atoms with Crippen LogP contribution < -0.4 is 9.80 Å². The van der Waals surface area contributed by atoms with E-state index in [1.54, 1.807) is 0 Å². The standard InChI is InChI=1S/C70H50N2/c1-69(2)61-31-16-15-30-58(61)59-41-39-56(46-63(59)69)71(55-29-19-24-50(44-55)47-20-7-3-8-21-47)54-37-34-48(35-38-54)51-36-40-60-64(45-51)70(52-25-11-5-12-26-52)62-32-17-18-33-65(62)72(53-27-13-6-14-28-53)66-43-42-57(67(60)68(66)70)49-22-9-4-10-23-49/h3-46H,1-2H3. The van der Waals surface area contributed by atoms with Crippen molar-refractivity contribution >= 4 is 34.1 Å². The summed E-state index contributed by atoms with van der Waals surface area (Å²) < 4.78 is 0. The molecule has 0 fully saturated rings. The molecule has 0 aromatic heterocycles. The fraction of sp³-hybridized carbons (Fsp3) is 0.0571. The fourth-order valence-electron chi connectivity index (χ4n) is 12.6. The maximum absolute atomic E-state index is 2.51. The van der Waals surface area contributed by atoms with Crippen LogP contribution in [-0.4, -0.2) is 0 Å². The van der Waals surface area contributed by atoms with Crippen molar-refractivity contribution < 1.29 is 0 Å². The van der Waals surface area contributed by atoms with Crippen LogP contribution in [0.4, 0.5) is 34.1 Å². The maximum atomic E-state index is 2.51. The maximum Gasteiger partial charge on any atom is 0.0754 e. The lowest BCUT2D eigenvalue weighted by Crippen LogP contribution is -2.36. The van der Waals surface area contributed by atoms with Crippen molar-refractivity contribution in [2.24, 2.45) is 0 Å². The molecule has 0 radical (unpaired) electrons. The molecular formula is C70H50N2. The molecule has 2 nitrogen and oxygen atoms in total. The lowest BCUT2D eigenvalue weighted by atomic mass is 9.64. The van der Waals surface area contributed by atoms with Gasteiger partial charge < -0.3 is 9.80 Å². The van der Waals surface area contributed by atoms with Crippen LogP contribution in [0.25, 0.3) is 55.6 Å². The molecular weight excluding hydrogens is 869 g/mol. The van der Waals surface area contributed by atoms with Crippen LogP contribution in [0.2, 0.25) is 0 Å². The molecule has 11 aromatic carbocycles. The highest BCUT2D eigenvalue weighted by Crippen LogP contribution is 2.66.